The Bertz CT molecular complexity index is 358. The summed E-state index contributed by atoms with van der Waals surface area (Å²) in [5.74, 6) is -0.156. The van der Waals surface area contributed by atoms with Gasteiger partial charge in [0.25, 0.3) is 0 Å². The molecule has 0 unspecified atom stereocenters. The molecule has 0 aliphatic rings. The lowest BCUT2D eigenvalue weighted by molar-refractivity contribution is 0.624. The average Bonchev–Trinajstić information content (AvgIpc) is 2.20. The third-order valence-electron chi connectivity index (χ3n) is 2.60. The van der Waals surface area contributed by atoms with E-state index in [1.54, 1.807) is 6.07 Å². The van der Waals surface area contributed by atoms with Gasteiger partial charge in [-0.05, 0) is 63.0 Å². The Morgan fingerprint density at radius 1 is 1.38 bits per heavy atom. The maximum Gasteiger partial charge on any atom is 0.123 e. The standard InChI is InChI=1S/C14H20FN/c1-11(2)6-8-16-9-7-13-4-5-14(15)10-12(13)3/h4-5,10,16H,1,6-9H2,2-3H3. The maximum absolute atomic E-state index is 12.9. The number of hydrogen-bond donors (Lipinski definition) is 1. The maximum atomic E-state index is 12.9. The van der Waals surface area contributed by atoms with Gasteiger partial charge in [0.1, 0.15) is 5.82 Å². The molecular formula is C14H20FN. The topological polar surface area (TPSA) is 12.0 Å². The Kier molecular flexibility index (Phi) is 5.20. The van der Waals surface area contributed by atoms with Gasteiger partial charge in [0.2, 0.25) is 0 Å². The molecule has 0 atom stereocenters. The van der Waals surface area contributed by atoms with Crippen LogP contribution in [0, 0.1) is 12.7 Å². The second-order valence-electron chi connectivity index (χ2n) is 4.28. The van der Waals surface area contributed by atoms with E-state index in [1.807, 2.05) is 19.9 Å². The molecule has 0 heterocycles. The fraction of sp³-hybridized carbons (Fsp3) is 0.429. The van der Waals surface area contributed by atoms with Crippen LogP contribution in [-0.2, 0) is 6.42 Å². The van der Waals surface area contributed by atoms with E-state index in [0.717, 1.165) is 31.5 Å². The highest BCUT2D eigenvalue weighted by Gasteiger charge is 1.99. The third-order valence-corrected chi connectivity index (χ3v) is 2.60. The fourth-order valence-electron chi connectivity index (χ4n) is 1.59. The van der Waals surface area contributed by atoms with E-state index in [4.69, 9.17) is 0 Å². The molecule has 0 saturated carbocycles. The summed E-state index contributed by atoms with van der Waals surface area (Å²) in [6.45, 7) is 9.74. The molecule has 0 saturated heterocycles. The Balaban J connectivity index is 2.29. The van der Waals surface area contributed by atoms with E-state index in [2.05, 4.69) is 11.9 Å². The van der Waals surface area contributed by atoms with Crippen LogP contribution in [0.2, 0.25) is 0 Å². The highest BCUT2D eigenvalue weighted by Crippen LogP contribution is 2.10. The van der Waals surface area contributed by atoms with Gasteiger partial charge in [-0.2, -0.15) is 0 Å². The predicted octanol–water partition coefficient (Wildman–Crippen LogP) is 3.23. The molecule has 1 nitrogen and oxygen atoms in total. The van der Waals surface area contributed by atoms with E-state index in [0.29, 0.717) is 0 Å². The zero-order valence-corrected chi connectivity index (χ0v) is 10.1. The number of hydrogen-bond acceptors (Lipinski definition) is 1. The van der Waals surface area contributed by atoms with Gasteiger partial charge in [0, 0.05) is 0 Å². The number of benzene rings is 1. The van der Waals surface area contributed by atoms with Crippen LogP contribution in [0.25, 0.3) is 0 Å². The Morgan fingerprint density at radius 2 is 2.12 bits per heavy atom. The van der Waals surface area contributed by atoms with Crippen molar-refractivity contribution in [1.29, 1.82) is 0 Å². The normalized spacial score (nSPS) is 10.4. The van der Waals surface area contributed by atoms with Crippen LogP contribution >= 0.6 is 0 Å². The van der Waals surface area contributed by atoms with Crippen LogP contribution in [0.4, 0.5) is 4.39 Å². The SMILES string of the molecule is C=C(C)CCNCCc1ccc(F)cc1C. The lowest BCUT2D eigenvalue weighted by Crippen LogP contribution is -2.18. The van der Waals surface area contributed by atoms with Crippen LogP contribution in [0.1, 0.15) is 24.5 Å². The minimum Gasteiger partial charge on any atom is -0.316 e. The lowest BCUT2D eigenvalue weighted by Gasteiger charge is -2.07. The summed E-state index contributed by atoms with van der Waals surface area (Å²) in [5, 5.41) is 3.35. The van der Waals surface area contributed by atoms with Gasteiger partial charge >= 0.3 is 0 Å². The van der Waals surface area contributed by atoms with Gasteiger partial charge in [-0.25, -0.2) is 4.39 Å². The summed E-state index contributed by atoms with van der Waals surface area (Å²) in [6.07, 6.45) is 1.96. The van der Waals surface area contributed by atoms with E-state index in [-0.39, 0.29) is 5.82 Å². The first kappa shape index (κ1) is 12.9. The van der Waals surface area contributed by atoms with Crippen LogP contribution < -0.4 is 5.32 Å². The molecule has 0 bridgehead atoms. The number of rotatable bonds is 6. The Morgan fingerprint density at radius 3 is 2.75 bits per heavy atom. The van der Waals surface area contributed by atoms with Gasteiger partial charge in [-0.3, -0.25) is 0 Å². The van der Waals surface area contributed by atoms with Crippen molar-refractivity contribution in [2.45, 2.75) is 26.7 Å². The minimum absolute atomic E-state index is 0.156. The molecule has 0 radical (unpaired) electrons. The third kappa shape index (κ3) is 4.58. The van der Waals surface area contributed by atoms with Crippen LogP contribution in [-0.4, -0.2) is 13.1 Å². The van der Waals surface area contributed by atoms with Crippen molar-refractivity contribution in [3.63, 3.8) is 0 Å². The van der Waals surface area contributed by atoms with Crippen LogP contribution in [0.15, 0.2) is 30.4 Å². The monoisotopic (exact) mass is 221 g/mol. The van der Waals surface area contributed by atoms with Crippen molar-refractivity contribution in [2.24, 2.45) is 0 Å². The van der Waals surface area contributed by atoms with E-state index in [9.17, 15) is 4.39 Å². The van der Waals surface area contributed by atoms with Gasteiger partial charge in [0.15, 0.2) is 0 Å². The molecule has 0 spiro atoms. The molecule has 1 N–H and O–H groups in total. The molecule has 1 aromatic rings. The van der Waals surface area contributed by atoms with Gasteiger partial charge in [-0.15, -0.1) is 6.58 Å². The van der Waals surface area contributed by atoms with Crippen LogP contribution in [0.5, 0.6) is 0 Å². The zero-order chi connectivity index (χ0) is 12.0. The molecule has 88 valence electrons. The van der Waals surface area contributed by atoms with E-state index in [1.165, 1.54) is 17.2 Å². The molecule has 0 aromatic heterocycles. The van der Waals surface area contributed by atoms with E-state index < -0.39 is 0 Å². The molecular weight excluding hydrogens is 201 g/mol. The quantitative estimate of drug-likeness (QED) is 0.574. The average molecular weight is 221 g/mol. The van der Waals surface area contributed by atoms with Crippen LogP contribution in [0.3, 0.4) is 0 Å². The van der Waals surface area contributed by atoms with Crippen molar-refractivity contribution >= 4 is 0 Å². The number of halogens is 1. The first-order chi connectivity index (χ1) is 7.59. The summed E-state index contributed by atoms with van der Waals surface area (Å²) in [7, 11) is 0. The van der Waals surface area contributed by atoms with Gasteiger partial charge in [0.05, 0.1) is 0 Å². The second kappa shape index (κ2) is 6.44. The van der Waals surface area contributed by atoms with Crippen molar-refractivity contribution in [3.05, 3.63) is 47.3 Å². The second-order valence-corrected chi connectivity index (χ2v) is 4.28. The molecule has 16 heavy (non-hydrogen) atoms. The molecule has 0 aliphatic heterocycles. The highest BCUT2D eigenvalue weighted by atomic mass is 19.1. The highest BCUT2D eigenvalue weighted by molar-refractivity contribution is 5.26. The summed E-state index contributed by atoms with van der Waals surface area (Å²) >= 11 is 0. The van der Waals surface area contributed by atoms with Crippen molar-refractivity contribution in [1.82, 2.24) is 5.32 Å². The first-order valence-corrected chi connectivity index (χ1v) is 5.69. The van der Waals surface area contributed by atoms with Crippen molar-refractivity contribution < 1.29 is 4.39 Å². The largest absolute Gasteiger partial charge is 0.316 e. The smallest absolute Gasteiger partial charge is 0.123 e. The van der Waals surface area contributed by atoms with Crippen molar-refractivity contribution in [3.8, 4) is 0 Å². The lowest BCUT2D eigenvalue weighted by atomic mass is 10.1. The molecule has 0 amide bonds. The molecule has 1 rings (SSSR count). The van der Waals surface area contributed by atoms with E-state index >= 15 is 0 Å². The summed E-state index contributed by atoms with van der Waals surface area (Å²) in [5.41, 5.74) is 3.44. The number of aryl methyl sites for hydroxylation is 1. The zero-order valence-electron chi connectivity index (χ0n) is 10.1. The summed E-state index contributed by atoms with van der Waals surface area (Å²) < 4.78 is 12.9. The number of nitrogens with one attached hydrogen (secondary N) is 1. The summed E-state index contributed by atoms with van der Waals surface area (Å²) in [4.78, 5) is 0. The molecule has 0 aliphatic carbocycles. The van der Waals surface area contributed by atoms with Gasteiger partial charge in [-0.1, -0.05) is 11.6 Å². The van der Waals surface area contributed by atoms with Crippen molar-refractivity contribution in [2.75, 3.05) is 13.1 Å². The Labute approximate surface area is 97.4 Å². The molecule has 0 fully saturated rings. The van der Waals surface area contributed by atoms with Gasteiger partial charge < -0.3 is 5.32 Å². The fourth-order valence-corrected chi connectivity index (χ4v) is 1.59. The summed E-state index contributed by atoms with van der Waals surface area (Å²) in [6, 6.07) is 4.98. The molecule has 2 heteroatoms. The Hall–Kier alpha value is -1.15. The minimum atomic E-state index is -0.156. The predicted molar refractivity (Wildman–Crippen MR) is 67.1 cm³/mol. The molecule has 1 aromatic carbocycles. The first-order valence-electron chi connectivity index (χ1n) is 5.69.